The van der Waals surface area contributed by atoms with E-state index in [1.165, 1.54) is 0 Å². The van der Waals surface area contributed by atoms with Crippen molar-refractivity contribution < 1.29 is 14.7 Å². The number of aliphatic carboxylic acids is 1. The maximum atomic E-state index is 12.2. The van der Waals surface area contributed by atoms with Crippen molar-refractivity contribution in [3.8, 4) is 0 Å². The average Bonchev–Trinajstić information content (AvgIpc) is 3.08. The van der Waals surface area contributed by atoms with Gasteiger partial charge < -0.3 is 15.7 Å². The molecule has 0 aromatic carbocycles. The summed E-state index contributed by atoms with van der Waals surface area (Å²) in [6, 6.07) is 0. The predicted octanol–water partition coefficient (Wildman–Crippen LogP) is 0.439. The van der Waals surface area contributed by atoms with E-state index < -0.39 is 5.97 Å². The summed E-state index contributed by atoms with van der Waals surface area (Å²) in [5, 5.41) is 8.79. The summed E-state index contributed by atoms with van der Waals surface area (Å²) in [6.07, 6.45) is 3.76. The van der Waals surface area contributed by atoms with Gasteiger partial charge in [0.2, 0.25) is 5.91 Å². The first-order valence-electron chi connectivity index (χ1n) is 6.29. The normalized spacial score (nSPS) is 26.6. The summed E-state index contributed by atoms with van der Waals surface area (Å²) < 4.78 is 0. The van der Waals surface area contributed by atoms with Gasteiger partial charge in [-0.3, -0.25) is 9.59 Å². The number of nitrogens with zero attached hydrogens (tertiary/aromatic N) is 1. The van der Waals surface area contributed by atoms with Crippen LogP contribution in [-0.2, 0) is 9.59 Å². The van der Waals surface area contributed by atoms with Crippen LogP contribution < -0.4 is 5.73 Å². The lowest BCUT2D eigenvalue weighted by Crippen LogP contribution is -2.46. The minimum atomic E-state index is -0.774. The lowest BCUT2D eigenvalue weighted by atomic mass is 9.93. The number of piperidine rings is 1. The molecule has 17 heavy (non-hydrogen) atoms. The molecule has 5 heteroatoms. The van der Waals surface area contributed by atoms with Gasteiger partial charge in [-0.15, -0.1) is 0 Å². The fourth-order valence-electron chi connectivity index (χ4n) is 2.65. The van der Waals surface area contributed by atoms with Gasteiger partial charge in [-0.2, -0.15) is 0 Å². The molecule has 1 aliphatic carbocycles. The van der Waals surface area contributed by atoms with Crippen molar-refractivity contribution in [3.05, 3.63) is 0 Å². The third-order valence-electron chi connectivity index (χ3n) is 3.97. The SMILES string of the molecule is NCC1(C(=O)N2CCCC(CC(=O)O)C2)CC1. The molecule has 0 aromatic rings. The average molecular weight is 240 g/mol. The van der Waals surface area contributed by atoms with Gasteiger partial charge in [0.1, 0.15) is 0 Å². The molecule has 96 valence electrons. The van der Waals surface area contributed by atoms with E-state index in [4.69, 9.17) is 10.8 Å². The summed E-state index contributed by atoms with van der Waals surface area (Å²) in [4.78, 5) is 24.8. The second-order valence-electron chi connectivity index (χ2n) is 5.34. The minimum Gasteiger partial charge on any atom is -0.481 e. The summed E-state index contributed by atoms with van der Waals surface area (Å²) in [5.74, 6) is -0.516. The Morgan fingerprint density at radius 1 is 1.41 bits per heavy atom. The number of amides is 1. The Morgan fingerprint density at radius 2 is 2.12 bits per heavy atom. The van der Waals surface area contributed by atoms with E-state index in [9.17, 15) is 9.59 Å². The van der Waals surface area contributed by atoms with E-state index in [1.54, 1.807) is 0 Å². The zero-order valence-corrected chi connectivity index (χ0v) is 10.0. The number of carboxylic acid groups (broad SMARTS) is 1. The smallest absolute Gasteiger partial charge is 0.303 e. The largest absolute Gasteiger partial charge is 0.481 e. The van der Waals surface area contributed by atoms with E-state index in [2.05, 4.69) is 0 Å². The molecule has 0 aromatic heterocycles. The van der Waals surface area contributed by atoms with Crippen molar-refractivity contribution in [1.29, 1.82) is 0 Å². The molecule has 1 atom stereocenters. The zero-order chi connectivity index (χ0) is 12.5. The Bertz CT molecular complexity index is 326. The maximum absolute atomic E-state index is 12.2. The van der Waals surface area contributed by atoms with Crippen LogP contribution in [0.4, 0.5) is 0 Å². The molecular formula is C12H20N2O3. The molecule has 2 fully saturated rings. The molecule has 1 saturated carbocycles. The van der Waals surface area contributed by atoms with Crippen molar-refractivity contribution in [2.24, 2.45) is 17.1 Å². The van der Waals surface area contributed by atoms with Gasteiger partial charge in [-0.05, 0) is 31.6 Å². The van der Waals surface area contributed by atoms with E-state index in [-0.39, 0.29) is 23.7 Å². The number of rotatable bonds is 4. The van der Waals surface area contributed by atoms with Gasteiger partial charge in [0.15, 0.2) is 0 Å². The van der Waals surface area contributed by atoms with Crippen molar-refractivity contribution >= 4 is 11.9 Å². The quantitative estimate of drug-likeness (QED) is 0.746. The van der Waals surface area contributed by atoms with E-state index in [0.29, 0.717) is 13.1 Å². The number of carboxylic acids is 1. The molecule has 2 aliphatic rings. The number of nitrogens with two attached hydrogens (primary N) is 1. The standard InChI is InChI=1S/C12H20N2O3/c13-8-12(3-4-12)11(17)14-5-1-2-9(7-14)6-10(15)16/h9H,1-8,13H2,(H,15,16). The van der Waals surface area contributed by atoms with Crippen LogP contribution in [0.15, 0.2) is 0 Å². The molecule has 1 amide bonds. The highest BCUT2D eigenvalue weighted by Gasteiger charge is 2.50. The lowest BCUT2D eigenvalue weighted by Gasteiger charge is -2.34. The van der Waals surface area contributed by atoms with Crippen LogP contribution in [0.2, 0.25) is 0 Å². The first-order valence-corrected chi connectivity index (χ1v) is 6.29. The van der Waals surface area contributed by atoms with Gasteiger partial charge in [0.25, 0.3) is 0 Å². The van der Waals surface area contributed by atoms with Crippen molar-refractivity contribution in [2.45, 2.75) is 32.1 Å². The van der Waals surface area contributed by atoms with E-state index in [0.717, 1.165) is 32.2 Å². The Labute approximate surface area is 101 Å². The first kappa shape index (κ1) is 12.4. The van der Waals surface area contributed by atoms with E-state index >= 15 is 0 Å². The predicted molar refractivity (Wildman–Crippen MR) is 62.3 cm³/mol. The number of likely N-dealkylation sites (tertiary alicyclic amines) is 1. The van der Waals surface area contributed by atoms with Crippen molar-refractivity contribution in [1.82, 2.24) is 4.90 Å². The van der Waals surface area contributed by atoms with Crippen LogP contribution in [0.1, 0.15) is 32.1 Å². The highest BCUT2D eigenvalue weighted by molar-refractivity contribution is 5.85. The summed E-state index contributed by atoms with van der Waals surface area (Å²) in [5.41, 5.74) is 5.35. The topological polar surface area (TPSA) is 83.6 Å². The Morgan fingerprint density at radius 3 is 2.65 bits per heavy atom. The second-order valence-corrected chi connectivity index (χ2v) is 5.34. The molecule has 0 radical (unpaired) electrons. The molecule has 1 unspecified atom stereocenters. The Balaban J connectivity index is 1.93. The fourth-order valence-corrected chi connectivity index (χ4v) is 2.65. The third kappa shape index (κ3) is 2.60. The number of carbonyl (C=O) groups is 2. The monoisotopic (exact) mass is 240 g/mol. The van der Waals surface area contributed by atoms with Crippen LogP contribution in [0.5, 0.6) is 0 Å². The van der Waals surface area contributed by atoms with Gasteiger partial charge in [0.05, 0.1) is 5.41 Å². The number of hydrogen-bond acceptors (Lipinski definition) is 3. The van der Waals surface area contributed by atoms with Crippen molar-refractivity contribution in [2.75, 3.05) is 19.6 Å². The Hall–Kier alpha value is -1.10. The molecule has 2 rings (SSSR count). The second kappa shape index (κ2) is 4.64. The van der Waals surface area contributed by atoms with Gasteiger partial charge in [0, 0.05) is 26.1 Å². The molecule has 5 nitrogen and oxygen atoms in total. The van der Waals surface area contributed by atoms with E-state index in [1.807, 2.05) is 4.90 Å². The Kier molecular flexibility index (Phi) is 3.38. The summed E-state index contributed by atoms with van der Waals surface area (Å²) in [6.45, 7) is 1.77. The highest BCUT2D eigenvalue weighted by Crippen LogP contribution is 2.46. The first-order chi connectivity index (χ1) is 8.07. The number of carbonyl (C=O) groups excluding carboxylic acids is 1. The zero-order valence-electron chi connectivity index (χ0n) is 10.0. The maximum Gasteiger partial charge on any atom is 0.303 e. The summed E-state index contributed by atoms with van der Waals surface area (Å²) in [7, 11) is 0. The van der Waals surface area contributed by atoms with Crippen LogP contribution in [0, 0.1) is 11.3 Å². The van der Waals surface area contributed by atoms with Crippen LogP contribution in [0.3, 0.4) is 0 Å². The van der Waals surface area contributed by atoms with Gasteiger partial charge in [-0.1, -0.05) is 0 Å². The van der Waals surface area contributed by atoms with Gasteiger partial charge in [-0.25, -0.2) is 0 Å². The highest BCUT2D eigenvalue weighted by atomic mass is 16.4. The lowest BCUT2D eigenvalue weighted by molar-refractivity contribution is -0.142. The van der Waals surface area contributed by atoms with Crippen molar-refractivity contribution in [3.63, 3.8) is 0 Å². The minimum absolute atomic E-state index is 0.110. The van der Waals surface area contributed by atoms with Crippen LogP contribution >= 0.6 is 0 Å². The molecule has 1 heterocycles. The fraction of sp³-hybridized carbons (Fsp3) is 0.833. The molecule has 0 spiro atoms. The van der Waals surface area contributed by atoms with Crippen LogP contribution in [-0.4, -0.2) is 41.5 Å². The number of hydrogen-bond donors (Lipinski definition) is 2. The summed E-state index contributed by atoms with van der Waals surface area (Å²) >= 11 is 0. The van der Waals surface area contributed by atoms with Crippen LogP contribution in [0.25, 0.3) is 0 Å². The van der Waals surface area contributed by atoms with Gasteiger partial charge >= 0.3 is 5.97 Å². The molecule has 1 saturated heterocycles. The molecular weight excluding hydrogens is 220 g/mol. The molecule has 0 bridgehead atoms. The third-order valence-corrected chi connectivity index (χ3v) is 3.97. The molecule has 3 N–H and O–H groups in total. The molecule has 1 aliphatic heterocycles.